The van der Waals surface area contributed by atoms with Crippen molar-refractivity contribution >= 4 is 17.8 Å². The lowest BCUT2D eigenvalue weighted by Gasteiger charge is -2.19. The summed E-state index contributed by atoms with van der Waals surface area (Å²) in [5, 5.41) is 23.2. The van der Waals surface area contributed by atoms with E-state index < -0.39 is 30.3 Å². The molecule has 0 aliphatic rings. The number of hydrogen-bond acceptors (Lipinski definition) is 5. The molecule has 1 aromatic rings. The predicted molar refractivity (Wildman–Crippen MR) is 56.9 cm³/mol. The third kappa shape index (κ3) is 4.25. The molecule has 0 heterocycles. The van der Waals surface area contributed by atoms with E-state index in [1.807, 2.05) is 0 Å². The molecule has 1 aromatic carbocycles. The van der Waals surface area contributed by atoms with Crippen LogP contribution in [0.15, 0.2) is 30.3 Å². The van der Waals surface area contributed by atoms with Gasteiger partial charge in [-0.2, -0.15) is 0 Å². The van der Waals surface area contributed by atoms with Crippen molar-refractivity contribution in [3.05, 3.63) is 35.9 Å². The average molecular weight is 249 g/mol. The maximum Gasteiger partial charge on any atom is 0.251 e. The summed E-state index contributed by atoms with van der Waals surface area (Å²) in [6.45, 7) is 0. The normalized spacial score (nSPS) is 11.6. The number of nitrogens with one attached hydrogen (secondary N) is 1. The summed E-state index contributed by atoms with van der Waals surface area (Å²) >= 11 is 0. The summed E-state index contributed by atoms with van der Waals surface area (Å²) in [4.78, 5) is 32.6. The molecule has 0 bridgehead atoms. The van der Waals surface area contributed by atoms with Crippen molar-refractivity contribution in [2.75, 3.05) is 0 Å². The number of carboxylic acids is 2. The molecule has 0 aliphatic carbocycles. The molecule has 0 saturated heterocycles. The van der Waals surface area contributed by atoms with E-state index in [0.717, 1.165) is 0 Å². The molecule has 0 unspecified atom stereocenters. The molecule has 1 atom stereocenters. The highest BCUT2D eigenvalue weighted by molar-refractivity contribution is 5.96. The second kappa shape index (κ2) is 6.39. The number of rotatable bonds is 6. The van der Waals surface area contributed by atoms with Crippen LogP contribution < -0.4 is 15.5 Å². The van der Waals surface area contributed by atoms with Crippen molar-refractivity contribution in [2.24, 2.45) is 0 Å². The summed E-state index contributed by atoms with van der Waals surface area (Å²) in [7, 11) is 0. The van der Waals surface area contributed by atoms with Gasteiger partial charge in [-0.15, -0.1) is 0 Å². The standard InChI is InChI=1S/C12H13NO5/c14-10(15)7-6-9(12(17)18)13-11(16)8-4-2-1-3-5-8/h1-5,9H,6-7H2,(H,13,16)(H,14,15)(H,17,18)/p-2/t9-/m1/s1. The van der Waals surface area contributed by atoms with Crippen LogP contribution in [0.2, 0.25) is 0 Å². The Morgan fingerprint density at radius 3 is 2.22 bits per heavy atom. The number of aliphatic carboxylic acids is 2. The van der Waals surface area contributed by atoms with E-state index in [2.05, 4.69) is 5.32 Å². The molecular formula is C12H11NO5-2. The van der Waals surface area contributed by atoms with E-state index in [1.54, 1.807) is 18.2 Å². The minimum Gasteiger partial charge on any atom is -0.550 e. The summed E-state index contributed by atoms with van der Waals surface area (Å²) in [5.74, 6) is -3.50. The van der Waals surface area contributed by atoms with Crippen LogP contribution in [0, 0.1) is 0 Å². The highest BCUT2D eigenvalue weighted by atomic mass is 16.4. The molecule has 96 valence electrons. The highest BCUT2D eigenvalue weighted by Gasteiger charge is 2.14. The third-order valence-corrected chi connectivity index (χ3v) is 2.26. The van der Waals surface area contributed by atoms with Crippen LogP contribution in [-0.4, -0.2) is 23.9 Å². The Morgan fingerprint density at radius 1 is 1.11 bits per heavy atom. The van der Waals surface area contributed by atoms with Crippen molar-refractivity contribution in [3.63, 3.8) is 0 Å². The zero-order valence-corrected chi connectivity index (χ0v) is 9.42. The first kappa shape index (κ1) is 13.7. The lowest BCUT2D eigenvalue weighted by atomic mass is 10.1. The molecule has 0 radical (unpaired) electrons. The minimum absolute atomic E-state index is 0.275. The maximum absolute atomic E-state index is 11.6. The first-order valence-corrected chi connectivity index (χ1v) is 5.27. The number of carbonyl (C=O) groups is 3. The Bertz CT molecular complexity index is 443. The lowest BCUT2D eigenvalue weighted by molar-refractivity contribution is -0.309. The van der Waals surface area contributed by atoms with Gasteiger partial charge in [-0.25, -0.2) is 0 Å². The van der Waals surface area contributed by atoms with Crippen LogP contribution in [0.1, 0.15) is 23.2 Å². The fourth-order valence-electron chi connectivity index (χ4n) is 1.34. The van der Waals surface area contributed by atoms with Gasteiger partial charge in [0, 0.05) is 11.5 Å². The average Bonchev–Trinajstić information content (AvgIpc) is 2.34. The van der Waals surface area contributed by atoms with Crippen molar-refractivity contribution in [2.45, 2.75) is 18.9 Å². The van der Waals surface area contributed by atoms with Crippen molar-refractivity contribution < 1.29 is 24.6 Å². The zero-order valence-electron chi connectivity index (χ0n) is 9.42. The SMILES string of the molecule is O=C([O-])CC[C@@H](NC(=O)c1ccccc1)C(=O)[O-]. The number of carboxylic acid groups (broad SMARTS) is 2. The fraction of sp³-hybridized carbons (Fsp3) is 0.250. The minimum atomic E-state index is -1.53. The summed E-state index contributed by atoms with van der Waals surface area (Å²) < 4.78 is 0. The molecular weight excluding hydrogens is 238 g/mol. The number of benzene rings is 1. The zero-order chi connectivity index (χ0) is 13.5. The highest BCUT2D eigenvalue weighted by Crippen LogP contribution is 2.01. The van der Waals surface area contributed by atoms with Crippen LogP contribution in [-0.2, 0) is 9.59 Å². The quantitative estimate of drug-likeness (QED) is 0.631. The fourth-order valence-corrected chi connectivity index (χ4v) is 1.34. The van der Waals surface area contributed by atoms with Gasteiger partial charge in [0.2, 0.25) is 0 Å². The first-order chi connectivity index (χ1) is 8.50. The number of hydrogen-bond donors (Lipinski definition) is 1. The van der Waals surface area contributed by atoms with Gasteiger partial charge in [0.1, 0.15) is 0 Å². The van der Waals surface area contributed by atoms with E-state index in [0.29, 0.717) is 0 Å². The van der Waals surface area contributed by atoms with Gasteiger partial charge in [-0.1, -0.05) is 18.2 Å². The Labute approximate surface area is 103 Å². The molecule has 1 rings (SSSR count). The van der Waals surface area contributed by atoms with Crippen LogP contribution >= 0.6 is 0 Å². The molecule has 0 fully saturated rings. The summed E-state index contributed by atoms with van der Waals surface area (Å²) in [6, 6.07) is 6.65. The molecule has 18 heavy (non-hydrogen) atoms. The summed E-state index contributed by atoms with van der Waals surface area (Å²) in [5.41, 5.74) is 0.289. The van der Waals surface area contributed by atoms with Gasteiger partial charge in [-0.05, 0) is 25.0 Å². The number of carbonyl (C=O) groups excluding carboxylic acids is 3. The molecule has 6 nitrogen and oxygen atoms in total. The van der Waals surface area contributed by atoms with E-state index in [1.165, 1.54) is 12.1 Å². The van der Waals surface area contributed by atoms with E-state index in [9.17, 15) is 24.6 Å². The summed E-state index contributed by atoms with van der Waals surface area (Å²) in [6.07, 6.45) is -0.739. The second-order valence-corrected chi connectivity index (χ2v) is 3.62. The van der Waals surface area contributed by atoms with Gasteiger partial charge in [0.15, 0.2) is 0 Å². The van der Waals surface area contributed by atoms with Crippen LogP contribution in [0.3, 0.4) is 0 Å². The Kier molecular flexibility index (Phi) is 4.86. The van der Waals surface area contributed by atoms with Gasteiger partial charge in [0.25, 0.3) is 5.91 Å². The largest absolute Gasteiger partial charge is 0.550 e. The van der Waals surface area contributed by atoms with Gasteiger partial charge in [0.05, 0.1) is 12.0 Å². The smallest absolute Gasteiger partial charge is 0.251 e. The Morgan fingerprint density at radius 2 is 1.72 bits per heavy atom. The van der Waals surface area contributed by atoms with E-state index in [-0.39, 0.29) is 12.0 Å². The topological polar surface area (TPSA) is 109 Å². The first-order valence-electron chi connectivity index (χ1n) is 5.27. The monoisotopic (exact) mass is 249 g/mol. The molecule has 1 N–H and O–H groups in total. The van der Waals surface area contributed by atoms with Gasteiger partial charge >= 0.3 is 0 Å². The molecule has 0 spiro atoms. The van der Waals surface area contributed by atoms with Crippen LogP contribution in [0.4, 0.5) is 0 Å². The molecule has 6 heteroatoms. The molecule has 1 amide bonds. The lowest BCUT2D eigenvalue weighted by Crippen LogP contribution is -2.48. The van der Waals surface area contributed by atoms with Crippen molar-refractivity contribution in [3.8, 4) is 0 Å². The molecule has 0 aliphatic heterocycles. The second-order valence-electron chi connectivity index (χ2n) is 3.62. The third-order valence-electron chi connectivity index (χ3n) is 2.26. The van der Waals surface area contributed by atoms with Crippen LogP contribution in [0.5, 0.6) is 0 Å². The van der Waals surface area contributed by atoms with Gasteiger partial charge in [-0.3, -0.25) is 4.79 Å². The van der Waals surface area contributed by atoms with E-state index >= 15 is 0 Å². The van der Waals surface area contributed by atoms with Crippen molar-refractivity contribution in [1.29, 1.82) is 0 Å². The van der Waals surface area contributed by atoms with Crippen molar-refractivity contribution in [1.82, 2.24) is 5.32 Å². The van der Waals surface area contributed by atoms with Gasteiger partial charge < -0.3 is 25.1 Å². The molecule has 0 saturated carbocycles. The predicted octanol–water partition coefficient (Wildman–Crippen LogP) is -1.93. The maximum atomic E-state index is 11.6. The number of amides is 1. The van der Waals surface area contributed by atoms with Crippen LogP contribution in [0.25, 0.3) is 0 Å². The Hall–Kier alpha value is -2.37. The molecule has 0 aromatic heterocycles. The van der Waals surface area contributed by atoms with E-state index in [4.69, 9.17) is 0 Å². The Balaban J connectivity index is 2.64.